The number of ketones is 1. The topological polar surface area (TPSA) is 86.1 Å². The van der Waals surface area contributed by atoms with Crippen molar-refractivity contribution >= 4 is 33.4 Å². The van der Waals surface area contributed by atoms with Crippen LogP contribution in [-0.4, -0.2) is 33.6 Å². The number of anilines is 1. The van der Waals surface area contributed by atoms with Crippen molar-refractivity contribution in [3.63, 3.8) is 0 Å². The minimum atomic E-state index is -0.783. The van der Waals surface area contributed by atoms with E-state index < -0.39 is 23.7 Å². The zero-order valence-electron chi connectivity index (χ0n) is 15.5. The summed E-state index contributed by atoms with van der Waals surface area (Å²) in [4.78, 5) is 30.1. The first-order valence-corrected chi connectivity index (χ1v) is 9.52. The zero-order chi connectivity index (χ0) is 20.7. The van der Waals surface area contributed by atoms with E-state index in [9.17, 15) is 14.0 Å². The quantitative estimate of drug-likeness (QED) is 0.603. The Morgan fingerprint density at radius 3 is 2.62 bits per heavy atom. The van der Waals surface area contributed by atoms with E-state index in [0.717, 1.165) is 16.1 Å². The van der Waals surface area contributed by atoms with Gasteiger partial charge in [0.15, 0.2) is 5.78 Å². The van der Waals surface area contributed by atoms with Gasteiger partial charge in [-0.05, 0) is 29.8 Å². The van der Waals surface area contributed by atoms with E-state index in [1.54, 1.807) is 7.05 Å². The normalized spacial score (nSPS) is 18.1. The molecule has 1 aliphatic heterocycles. The summed E-state index contributed by atoms with van der Waals surface area (Å²) in [6.07, 6.45) is 1.36. The van der Waals surface area contributed by atoms with Crippen molar-refractivity contribution in [2.75, 3.05) is 12.4 Å². The molecule has 0 spiro atoms. The Kier molecular flexibility index (Phi) is 4.91. The standard InChI is InChI=1S/C20H16BrFN4O3/c1-26-19(23-9-24-26)16-17(10-3-5-11(21)6-4-10)25-14-8-12(22)7-13(20(28)29-2)15(14)18(16)27/h3-9,16-17,25H,1-2H3. The fraction of sp³-hybridized carbons (Fsp3) is 0.200. The van der Waals surface area contributed by atoms with Gasteiger partial charge in [-0.25, -0.2) is 14.2 Å². The Hall–Kier alpha value is -3.07. The molecule has 2 atom stereocenters. The maximum absolute atomic E-state index is 14.2. The number of nitrogens with one attached hydrogen (secondary N) is 1. The highest BCUT2D eigenvalue weighted by molar-refractivity contribution is 9.10. The number of esters is 1. The van der Waals surface area contributed by atoms with Crippen LogP contribution in [0.5, 0.6) is 0 Å². The van der Waals surface area contributed by atoms with Gasteiger partial charge in [-0.3, -0.25) is 9.48 Å². The van der Waals surface area contributed by atoms with E-state index in [1.165, 1.54) is 24.2 Å². The van der Waals surface area contributed by atoms with E-state index >= 15 is 0 Å². The first kappa shape index (κ1) is 19.3. The lowest BCUT2D eigenvalue weighted by molar-refractivity contribution is 0.0595. The fourth-order valence-electron chi connectivity index (χ4n) is 3.61. The molecule has 4 rings (SSSR count). The number of ether oxygens (including phenoxy) is 1. The van der Waals surface area contributed by atoms with E-state index in [2.05, 4.69) is 31.3 Å². The lowest BCUT2D eigenvalue weighted by Gasteiger charge is -2.34. The van der Waals surface area contributed by atoms with Gasteiger partial charge >= 0.3 is 5.97 Å². The Morgan fingerprint density at radius 2 is 2.00 bits per heavy atom. The number of aryl methyl sites for hydroxylation is 1. The molecule has 2 aromatic carbocycles. The van der Waals surface area contributed by atoms with Crippen molar-refractivity contribution in [2.24, 2.45) is 7.05 Å². The van der Waals surface area contributed by atoms with Gasteiger partial charge in [0.1, 0.15) is 23.9 Å². The highest BCUT2D eigenvalue weighted by Crippen LogP contribution is 2.43. The molecule has 148 valence electrons. The number of carbonyl (C=O) groups excluding carboxylic acids is 2. The van der Waals surface area contributed by atoms with Gasteiger partial charge < -0.3 is 10.1 Å². The number of fused-ring (bicyclic) bond motifs is 1. The summed E-state index contributed by atoms with van der Waals surface area (Å²) in [5, 5.41) is 7.30. The third kappa shape index (κ3) is 3.31. The van der Waals surface area contributed by atoms with Gasteiger partial charge in [0, 0.05) is 17.2 Å². The minimum absolute atomic E-state index is 0.0830. The molecular weight excluding hydrogens is 443 g/mol. The molecular formula is C20H16BrFN4O3. The first-order chi connectivity index (χ1) is 13.9. The van der Waals surface area contributed by atoms with E-state index in [-0.39, 0.29) is 22.6 Å². The lowest BCUT2D eigenvalue weighted by atomic mass is 9.80. The maximum atomic E-state index is 14.2. The number of Topliss-reactive ketones (excluding diaryl/α,β-unsaturated/α-hetero) is 1. The van der Waals surface area contributed by atoms with Crippen LogP contribution >= 0.6 is 15.9 Å². The summed E-state index contributed by atoms with van der Waals surface area (Å²) in [6.45, 7) is 0. The third-order valence-electron chi connectivity index (χ3n) is 4.94. The second-order valence-corrected chi connectivity index (χ2v) is 7.54. The van der Waals surface area contributed by atoms with Crippen LogP contribution in [0.15, 0.2) is 47.2 Å². The molecule has 2 unspecified atom stereocenters. The third-order valence-corrected chi connectivity index (χ3v) is 5.46. The van der Waals surface area contributed by atoms with Crippen LogP contribution in [-0.2, 0) is 11.8 Å². The molecule has 0 aliphatic carbocycles. The van der Waals surface area contributed by atoms with Crippen molar-refractivity contribution in [3.8, 4) is 0 Å². The Bertz CT molecular complexity index is 1110. The summed E-state index contributed by atoms with van der Waals surface area (Å²) in [5.41, 5.74) is 1.01. The minimum Gasteiger partial charge on any atom is -0.465 e. The summed E-state index contributed by atoms with van der Waals surface area (Å²) in [5.74, 6) is -2.12. The number of carbonyl (C=O) groups is 2. The molecule has 0 amide bonds. The number of benzene rings is 2. The van der Waals surface area contributed by atoms with Gasteiger partial charge in [0.05, 0.1) is 24.3 Å². The van der Waals surface area contributed by atoms with Gasteiger partial charge in [0.25, 0.3) is 0 Å². The SMILES string of the molecule is COC(=O)c1cc(F)cc2c1C(=O)C(c1ncnn1C)C(c1ccc(Br)cc1)N2. The molecule has 9 heteroatoms. The monoisotopic (exact) mass is 458 g/mol. The van der Waals surface area contributed by atoms with Crippen LogP contribution in [0.25, 0.3) is 0 Å². The fourth-order valence-corrected chi connectivity index (χ4v) is 3.88. The molecule has 29 heavy (non-hydrogen) atoms. The number of nitrogens with zero attached hydrogens (tertiary/aromatic N) is 3. The lowest BCUT2D eigenvalue weighted by Crippen LogP contribution is -2.35. The molecule has 7 nitrogen and oxygen atoms in total. The summed E-state index contributed by atoms with van der Waals surface area (Å²) in [6, 6.07) is 9.13. The predicted octanol–water partition coefficient (Wildman–Crippen LogP) is 3.64. The molecule has 1 aromatic heterocycles. The highest BCUT2D eigenvalue weighted by atomic mass is 79.9. The smallest absolute Gasteiger partial charge is 0.338 e. The van der Waals surface area contributed by atoms with E-state index in [0.29, 0.717) is 5.82 Å². The zero-order valence-corrected chi connectivity index (χ0v) is 17.1. The van der Waals surface area contributed by atoms with E-state index in [1.807, 2.05) is 24.3 Å². The largest absolute Gasteiger partial charge is 0.465 e. The second kappa shape index (κ2) is 7.40. The van der Waals surface area contributed by atoms with Crippen LogP contribution < -0.4 is 5.32 Å². The van der Waals surface area contributed by atoms with Crippen LogP contribution in [0.4, 0.5) is 10.1 Å². The Morgan fingerprint density at radius 1 is 1.28 bits per heavy atom. The summed E-state index contributed by atoms with van der Waals surface area (Å²) >= 11 is 3.40. The molecule has 3 aromatic rings. The summed E-state index contributed by atoms with van der Waals surface area (Å²) in [7, 11) is 2.88. The number of halogens is 2. The Labute approximate surface area is 174 Å². The first-order valence-electron chi connectivity index (χ1n) is 8.72. The average Bonchev–Trinajstić information content (AvgIpc) is 3.12. The molecule has 0 fully saturated rings. The molecule has 1 N–H and O–H groups in total. The van der Waals surface area contributed by atoms with Gasteiger partial charge in [-0.1, -0.05) is 28.1 Å². The van der Waals surface area contributed by atoms with Crippen molar-refractivity contribution in [1.29, 1.82) is 0 Å². The van der Waals surface area contributed by atoms with Crippen LogP contribution in [0, 0.1) is 5.82 Å². The molecule has 0 saturated heterocycles. The number of aromatic nitrogens is 3. The van der Waals surface area contributed by atoms with Crippen LogP contribution in [0.2, 0.25) is 0 Å². The van der Waals surface area contributed by atoms with Gasteiger partial charge in [-0.2, -0.15) is 5.10 Å². The molecule has 1 aliphatic rings. The number of rotatable bonds is 3. The Balaban J connectivity index is 1.93. The number of hydrogen-bond acceptors (Lipinski definition) is 6. The van der Waals surface area contributed by atoms with Crippen molar-refractivity contribution in [2.45, 2.75) is 12.0 Å². The summed E-state index contributed by atoms with van der Waals surface area (Å²) < 4.78 is 21.4. The van der Waals surface area contributed by atoms with Crippen molar-refractivity contribution in [3.05, 3.63) is 75.5 Å². The second-order valence-electron chi connectivity index (χ2n) is 6.62. The maximum Gasteiger partial charge on any atom is 0.338 e. The van der Waals surface area contributed by atoms with Crippen LogP contribution in [0.1, 0.15) is 44.1 Å². The number of hydrogen-bond donors (Lipinski definition) is 1. The molecule has 2 heterocycles. The van der Waals surface area contributed by atoms with E-state index in [4.69, 9.17) is 4.74 Å². The molecule has 0 bridgehead atoms. The molecule has 0 saturated carbocycles. The highest BCUT2D eigenvalue weighted by Gasteiger charge is 2.42. The molecule has 0 radical (unpaired) electrons. The van der Waals surface area contributed by atoms with Crippen molar-refractivity contribution in [1.82, 2.24) is 14.8 Å². The number of methoxy groups -OCH3 is 1. The van der Waals surface area contributed by atoms with Crippen LogP contribution in [0.3, 0.4) is 0 Å². The van der Waals surface area contributed by atoms with Gasteiger partial charge in [0.2, 0.25) is 0 Å². The van der Waals surface area contributed by atoms with Gasteiger partial charge in [-0.15, -0.1) is 0 Å². The predicted molar refractivity (Wildman–Crippen MR) is 106 cm³/mol. The van der Waals surface area contributed by atoms with Crippen molar-refractivity contribution < 1.29 is 18.7 Å². The average molecular weight is 459 g/mol.